The molecule has 1 aliphatic heterocycles. The zero-order valence-electron chi connectivity index (χ0n) is 16.8. The quantitative estimate of drug-likeness (QED) is 0.411. The summed E-state index contributed by atoms with van der Waals surface area (Å²) in [6.45, 7) is 1.13. The Morgan fingerprint density at radius 2 is 1.94 bits per heavy atom. The van der Waals surface area contributed by atoms with Crippen molar-refractivity contribution >= 4 is 44.8 Å². The minimum atomic E-state index is -0.528. The lowest BCUT2D eigenvalue weighted by Crippen LogP contribution is -2.26. The molecule has 4 heterocycles. The van der Waals surface area contributed by atoms with Crippen molar-refractivity contribution in [3.63, 3.8) is 0 Å². The molecule has 1 atom stereocenters. The fraction of sp³-hybridized carbons (Fsp3) is 0.217. The number of hydrogen-bond acceptors (Lipinski definition) is 5. The Labute approximate surface area is 186 Å². The molecule has 9 heteroatoms. The molecular weight excluding hydrogens is 433 g/mol. The molecule has 3 aromatic heterocycles. The van der Waals surface area contributed by atoms with E-state index in [0.717, 1.165) is 12.8 Å². The van der Waals surface area contributed by atoms with Crippen LogP contribution in [0.25, 0.3) is 38.9 Å². The summed E-state index contributed by atoms with van der Waals surface area (Å²) in [7, 11) is 0. The molecule has 0 aliphatic carbocycles. The van der Waals surface area contributed by atoms with Crippen LogP contribution in [0.4, 0.5) is 4.39 Å². The fourth-order valence-electron chi connectivity index (χ4n) is 4.28. The van der Waals surface area contributed by atoms with Crippen molar-refractivity contribution < 1.29 is 9.13 Å². The van der Waals surface area contributed by atoms with E-state index in [1.54, 1.807) is 15.2 Å². The molecule has 5 aromatic rings. The Hall–Kier alpha value is -3.36. The second kappa shape index (κ2) is 7.36. The molecule has 0 saturated carbocycles. The highest BCUT2D eigenvalue weighted by Crippen LogP contribution is 2.30. The lowest BCUT2D eigenvalue weighted by Gasteiger charge is -2.11. The minimum absolute atomic E-state index is 0.0110. The molecule has 0 bridgehead atoms. The standard InChI is InChI=1S/C23H17ClFN5O2/c24-15-10-13(7-8-16(15)25)30-21-19(20-22(30)28-18-6-2-1-5-17(18)27-20)23(31)29(12-26-21)11-14-4-3-9-32-14/h1-2,5-8,10,12,14H,3-4,9,11H2. The van der Waals surface area contributed by atoms with Gasteiger partial charge in [-0.05, 0) is 43.2 Å². The van der Waals surface area contributed by atoms with E-state index in [4.69, 9.17) is 26.3 Å². The number of halogens is 2. The van der Waals surface area contributed by atoms with Gasteiger partial charge in [-0.3, -0.25) is 13.9 Å². The second-order valence-corrected chi connectivity index (χ2v) is 8.26. The summed E-state index contributed by atoms with van der Waals surface area (Å²) in [5.74, 6) is -0.528. The molecule has 1 saturated heterocycles. The van der Waals surface area contributed by atoms with Gasteiger partial charge < -0.3 is 4.74 Å². The maximum Gasteiger partial charge on any atom is 0.265 e. The van der Waals surface area contributed by atoms with Gasteiger partial charge in [0.1, 0.15) is 23.0 Å². The highest BCUT2D eigenvalue weighted by molar-refractivity contribution is 6.31. The molecule has 0 amide bonds. The van der Waals surface area contributed by atoms with Crippen LogP contribution in [0, 0.1) is 5.82 Å². The summed E-state index contributed by atoms with van der Waals surface area (Å²) >= 11 is 6.06. The first-order valence-corrected chi connectivity index (χ1v) is 10.7. The normalized spacial score (nSPS) is 16.5. The van der Waals surface area contributed by atoms with Crippen LogP contribution >= 0.6 is 11.6 Å². The van der Waals surface area contributed by atoms with Crippen LogP contribution in [-0.2, 0) is 11.3 Å². The first-order valence-electron chi connectivity index (χ1n) is 10.3. The van der Waals surface area contributed by atoms with Crippen LogP contribution in [-0.4, -0.2) is 36.8 Å². The van der Waals surface area contributed by atoms with E-state index in [1.165, 1.54) is 18.5 Å². The highest BCUT2D eigenvalue weighted by Gasteiger charge is 2.23. The average molecular weight is 450 g/mol. The van der Waals surface area contributed by atoms with E-state index in [1.807, 2.05) is 24.3 Å². The van der Waals surface area contributed by atoms with Crippen molar-refractivity contribution in [2.45, 2.75) is 25.5 Å². The van der Waals surface area contributed by atoms with Gasteiger partial charge in [0.25, 0.3) is 5.56 Å². The van der Waals surface area contributed by atoms with Gasteiger partial charge in [-0.2, -0.15) is 0 Å². The number of hydrogen-bond donors (Lipinski definition) is 0. The zero-order valence-corrected chi connectivity index (χ0v) is 17.6. The van der Waals surface area contributed by atoms with Crippen LogP contribution in [0.2, 0.25) is 5.02 Å². The molecule has 0 radical (unpaired) electrons. The van der Waals surface area contributed by atoms with Crippen molar-refractivity contribution in [1.82, 2.24) is 24.1 Å². The van der Waals surface area contributed by atoms with E-state index in [0.29, 0.717) is 52.1 Å². The molecule has 0 spiro atoms. The predicted octanol–water partition coefficient (Wildman–Crippen LogP) is 4.26. The molecule has 1 aliphatic rings. The first-order chi connectivity index (χ1) is 15.6. The van der Waals surface area contributed by atoms with Gasteiger partial charge in [-0.15, -0.1) is 0 Å². The lowest BCUT2D eigenvalue weighted by atomic mass is 10.2. The number of fused-ring (bicyclic) bond motifs is 4. The molecule has 1 fully saturated rings. The molecule has 2 aromatic carbocycles. The lowest BCUT2D eigenvalue weighted by molar-refractivity contribution is 0.0960. The summed E-state index contributed by atoms with van der Waals surface area (Å²) in [5.41, 5.74) is 2.98. The number of benzene rings is 2. The number of aromatic nitrogens is 5. The van der Waals surface area contributed by atoms with E-state index in [-0.39, 0.29) is 16.7 Å². The molecule has 160 valence electrons. The van der Waals surface area contributed by atoms with Crippen molar-refractivity contribution in [1.29, 1.82) is 0 Å². The third-order valence-corrected chi connectivity index (χ3v) is 6.11. The Bertz CT molecular complexity index is 1570. The van der Waals surface area contributed by atoms with E-state index in [2.05, 4.69) is 4.98 Å². The number of nitrogens with zero attached hydrogens (tertiary/aromatic N) is 5. The highest BCUT2D eigenvalue weighted by atomic mass is 35.5. The Balaban J connectivity index is 1.69. The minimum Gasteiger partial charge on any atom is -0.376 e. The summed E-state index contributed by atoms with van der Waals surface area (Å²) in [6.07, 6.45) is 3.40. The van der Waals surface area contributed by atoms with Crippen molar-refractivity contribution in [2.75, 3.05) is 6.61 Å². The molecule has 32 heavy (non-hydrogen) atoms. The van der Waals surface area contributed by atoms with Crippen molar-refractivity contribution in [2.24, 2.45) is 0 Å². The van der Waals surface area contributed by atoms with Gasteiger partial charge in [0.2, 0.25) is 0 Å². The van der Waals surface area contributed by atoms with E-state index in [9.17, 15) is 9.18 Å². The first kappa shape index (κ1) is 19.3. The number of ether oxygens (including phenoxy) is 1. The summed E-state index contributed by atoms with van der Waals surface area (Å²) in [5, 5.41) is 0.331. The van der Waals surface area contributed by atoms with Crippen LogP contribution in [0.15, 0.2) is 53.6 Å². The Morgan fingerprint density at radius 1 is 1.12 bits per heavy atom. The Kier molecular flexibility index (Phi) is 4.44. The van der Waals surface area contributed by atoms with Gasteiger partial charge >= 0.3 is 0 Å². The van der Waals surface area contributed by atoms with E-state index >= 15 is 0 Å². The Morgan fingerprint density at radius 3 is 2.69 bits per heavy atom. The third kappa shape index (κ3) is 2.98. The van der Waals surface area contributed by atoms with Gasteiger partial charge in [0.05, 0.1) is 34.4 Å². The number of rotatable bonds is 3. The van der Waals surface area contributed by atoms with Gasteiger partial charge in [0.15, 0.2) is 11.3 Å². The van der Waals surface area contributed by atoms with E-state index < -0.39 is 5.82 Å². The predicted molar refractivity (Wildman–Crippen MR) is 120 cm³/mol. The molecule has 7 nitrogen and oxygen atoms in total. The topological polar surface area (TPSA) is 74.8 Å². The molecule has 6 rings (SSSR count). The summed E-state index contributed by atoms with van der Waals surface area (Å²) < 4.78 is 22.8. The number of para-hydroxylation sites is 2. The monoisotopic (exact) mass is 449 g/mol. The largest absolute Gasteiger partial charge is 0.376 e. The maximum absolute atomic E-state index is 13.8. The average Bonchev–Trinajstić information content (AvgIpc) is 3.42. The second-order valence-electron chi connectivity index (χ2n) is 7.85. The van der Waals surface area contributed by atoms with Crippen LogP contribution in [0.5, 0.6) is 0 Å². The van der Waals surface area contributed by atoms with Crippen molar-refractivity contribution in [3.8, 4) is 5.69 Å². The molecule has 1 unspecified atom stereocenters. The SMILES string of the molecule is O=c1c2c3nc4ccccc4nc3n(-c3ccc(F)c(Cl)c3)c2ncn1CC1CCCO1. The van der Waals surface area contributed by atoms with Crippen LogP contribution < -0.4 is 5.56 Å². The van der Waals surface area contributed by atoms with Crippen molar-refractivity contribution in [3.05, 3.63) is 70.0 Å². The van der Waals surface area contributed by atoms with Gasteiger partial charge in [-0.25, -0.2) is 19.3 Å². The summed E-state index contributed by atoms with van der Waals surface area (Å²) in [6, 6.07) is 11.8. The van der Waals surface area contributed by atoms with Crippen LogP contribution in [0.1, 0.15) is 12.8 Å². The van der Waals surface area contributed by atoms with Gasteiger partial charge in [-0.1, -0.05) is 23.7 Å². The summed E-state index contributed by atoms with van der Waals surface area (Å²) in [4.78, 5) is 27.6. The third-order valence-electron chi connectivity index (χ3n) is 5.82. The molecule has 0 N–H and O–H groups in total. The van der Waals surface area contributed by atoms with Gasteiger partial charge in [0, 0.05) is 6.61 Å². The fourth-order valence-corrected chi connectivity index (χ4v) is 4.45. The van der Waals surface area contributed by atoms with Crippen LogP contribution in [0.3, 0.4) is 0 Å². The zero-order chi connectivity index (χ0) is 21.8. The smallest absolute Gasteiger partial charge is 0.265 e. The molecular formula is C23H17ClFN5O2. The maximum atomic E-state index is 13.8.